The van der Waals surface area contributed by atoms with Crippen LogP contribution in [0.15, 0.2) is 4.79 Å². The summed E-state index contributed by atoms with van der Waals surface area (Å²) in [4.78, 5) is 20.1. The van der Waals surface area contributed by atoms with Gasteiger partial charge in [-0.15, -0.1) is 0 Å². The van der Waals surface area contributed by atoms with Crippen LogP contribution in [0.3, 0.4) is 0 Å². The first kappa shape index (κ1) is 12.8. The van der Waals surface area contributed by atoms with Crippen LogP contribution in [-0.2, 0) is 6.54 Å². The number of thiazole rings is 1. The van der Waals surface area contributed by atoms with Crippen molar-refractivity contribution in [2.45, 2.75) is 32.4 Å². The van der Waals surface area contributed by atoms with Crippen LogP contribution in [0.1, 0.15) is 23.4 Å². The van der Waals surface area contributed by atoms with Gasteiger partial charge in [-0.25, -0.2) is 0 Å². The zero-order valence-corrected chi connectivity index (χ0v) is 11.6. The molecule has 17 heavy (non-hydrogen) atoms. The van der Waals surface area contributed by atoms with Crippen LogP contribution in [0.2, 0.25) is 0 Å². The van der Waals surface area contributed by atoms with Crippen molar-refractivity contribution < 1.29 is 0 Å². The molecule has 0 amide bonds. The lowest BCUT2D eigenvalue weighted by molar-refractivity contribution is 0.140. The van der Waals surface area contributed by atoms with Crippen molar-refractivity contribution in [1.82, 2.24) is 14.8 Å². The molecule has 96 valence electrons. The van der Waals surface area contributed by atoms with Crippen LogP contribution in [0.5, 0.6) is 0 Å². The average molecular weight is 255 g/mol. The Kier molecular flexibility index (Phi) is 4.01. The smallest absolute Gasteiger partial charge is 0.304 e. The predicted octanol–water partition coefficient (Wildman–Crippen LogP) is 1.27. The van der Waals surface area contributed by atoms with Gasteiger partial charge in [0.1, 0.15) is 0 Å². The number of nitrogens with one attached hydrogen (secondary N) is 1. The Morgan fingerprint density at radius 2 is 2.12 bits per heavy atom. The number of nitrogens with zero attached hydrogens (tertiary/aromatic N) is 2. The van der Waals surface area contributed by atoms with E-state index in [2.05, 4.69) is 28.9 Å². The normalized spacial score (nSPS) is 19.1. The van der Waals surface area contributed by atoms with Crippen LogP contribution < -0.4 is 4.87 Å². The van der Waals surface area contributed by atoms with Gasteiger partial charge in [-0.3, -0.25) is 9.69 Å². The van der Waals surface area contributed by atoms with Crippen molar-refractivity contribution in [3.8, 4) is 0 Å². The molecule has 1 aromatic heterocycles. The summed E-state index contributed by atoms with van der Waals surface area (Å²) in [6.45, 7) is 5.23. The SMILES string of the molecule is Cc1[nH]c(=O)sc1CN(C)C1CCN(C)CC1. The second kappa shape index (κ2) is 5.33. The third-order valence-corrected chi connectivity index (χ3v) is 4.60. The topological polar surface area (TPSA) is 39.3 Å². The molecule has 1 aliphatic rings. The van der Waals surface area contributed by atoms with Crippen LogP contribution >= 0.6 is 11.3 Å². The lowest BCUT2D eigenvalue weighted by Crippen LogP contribution is -2.41. The number of hydrogen-bond donors (Lipinski definition) is 1. The quantitative estimate of drug-likeness (QED) is 0.884. The second-order valence-corrected chi connectivity index (χ2v) is 6.08. The lowest BCUT2D eigenvalue weighted by Gasteiger charge is -2.34. The summed E-state index contributed by atoms with van der Waals surface area (Å²) in [5.74, 6) is 0. The molecular formula is C12H21N3OS. The lowest BCUT2D eigenvalue weighted by atomic mass is 10.0. The van der Waals surface area contributed by atoms with Crippen LogP contribution in [0.25, 0.3) is 0 Å². The maximum Gasteiger partial charge on any atom is 0.304 e. The zero-order chi connectivity index (χ0) is 12.4. The molecule has 1 saturated heterocycles. The molecule has 0 aromatic carbocycles. The Hall–Kier alpha value is -0.650. The highest BCUT2D eigenvalue weighted by Crippen LogP contribution is 2.18. The van der Waals surface area contributed by atoms with Crippen molar-refractivity contribution in [2.75, 3.05) is 27.2 Å². The van der Waals surface area contributed by atoms with Gasteiger partial charge in [0, 0.05) is 23.2 Å². The van der Waals surface area contributed by atoms with E-state index in [9.17, 15) is 4.79 Å². The fraction of sp³-hybridized carbons (Fsp3) is 0.750. The summed E-state index contributed by atoms with van der Waals surface area (Å²) in [7, 11) is 4.35. The summed E-state index contributed by atoms with van der Waals surface area (Å²) < 4.78 is 0. The molecule has 2 rings (SSSR count). The number of rotatable bonds is 3. The van der Waals surface area contributed by atoms with Crippen molar-refractivity contribution in [3.63, 3.8) is 0 Å². The summed E-state index contributed by atoms with van der Waals surface area (Å²) in [6.07, 6.45) is 2.46. The van der Waals surface area contributed by atoms with E-state index < -0.39 is 0 Å². The van der Waals surface area contributed by atoms with Gasteiger partial charge in [0.2, 0.25) is 0 Å². The standard InChI is InChI=1S/C12H21N3OS/c1-9-11(17-12(16)13-9)8-15(3)10-4-6-14(2)7-5-10/h10H,4-8H2,1-3H3,(H,13,16). The first-order valence-corrected chi connectivity index (χ1v) is 6.95. The Bertz CT molecular complexity index is 418. The van der Waals surface area contributed by atoms with Gasteiger partial charge in [-0.05, 0) is 47.0 Å². The molecule has 1 aromatic rings. The molecule has 0 bridgehead atoms. The van der Waals surface area contributed by atoms with E-state index in [-0.39, 0.29) is 4.87 Å². The summed E-state index contributed by atoms with van der Waals surface area (Å²) >= 11 is 1.34. The number of likely N-dealkylation sites (tertiary alicyclic amines) is 1. The predicted molar refractivity (Wildman–Crippen MR) is 71.7 cm³/mol. The minimum absolute atomic E-state index is 0.0641. The van der Waals surface area contributed by atoms with Crippen LogP contribution in [-0.4, -0.2) is 48.0 Å². The molecular weight excluding hydrogens is 234 g/mol. The first-order valence-electron chi connectivity index (χ1n) is 6.13. The summed E-state index contributed by atoms with van der Waals surface area (Å²) in [5.41, 5.74) is 1.03. The summed E-state index contributed by atoms with van der Waals surface area (Å²) in [6, 6.07) is 0.655. The highest BCUT2D eigenvalue weighted by molar-refractivity contribution is 7.09. The van der Waals surface area contributed by atoms with E-state index in [4.69, 9.17) is 0 Å². The fourth-order valence-electron chi connectivity index (χ4n) is 2.38. The molecule has 1 aliphatic heterocycles. The number of aryl methyl sites for hydroxylation is 1. The molecule has 0 saturated carbocycles. The molecule has 1 N–H and O–H groups in total. The number of hydrogen-bond acceptors (Lipinski definition) is 4. The minimum atomic E-state index is 0.0641. The first-order chi connectivity index (χ1) is 8.06. The number of aromatic nitrogens is 1. The van der Waals surface area contributed by atoms with Gasteiger partial charge >= 0.3 is 4.87 Å². The molecule has 0 radical (unpaired) electrons. The largest absolute Gasteiger partial charge is 0.317 e. The van der Waals surface area contributed by atoms with Crippen molar-refractivity contribution in [2.24, 2.45) is 0 Å². The third kappa shape index (κ3) is 3.18. The highest BCUT2D eigenvalue weighted by Gasteiger charge is 2.21. The molecule has 5 heteroatoms. The number of H-pyrrole nitrogens is 1. The molecule has 0 unspecified atom stereocenters. The van der Waals surface area contributed by atoms with Crippen molar-refractivity contribution in [1.29, 1.82) is 0 Å². The Balaban J connectivity index is 1.95. The van der Waals surface area contributed by atoms with Crippen molar-refractivity contribution >= 4 is 11.3 Å². The fourth-order valence-corrected chi connectivity index (χ4v) is 3.28. The minimum Gasteiger partial charge on any atom is -0.317 e. The average Bonchev–Trinajstić information content (AvgIpc) is 2.58. The monoisotopic (exact) mass is 255 g/mol. The van der Waals surface area contributed by atoms with E-state index in [1.807, 2.05) is 6.92 Å². The van der Waals surface area contributed by atoms with Gasteiger partial charge < -0.3 is 9.88 Å². The number of piperidine rings is 1. The molecule has 0 atom stereocenters. The molecule has 2 heterocycles. The maximum atomic E-state index is 11.2. The van der Waals surface area contributed by atoms with E-state index in [1.54, 1.807) is 0 Å². The van der Waals surface area contributed by atoms with Crippen molar-refractivity contribution in [3.05, 3.63) is 20.2 Å². The second-order valence-electron chi connectivity index (χ2n) is 5.01. The van der Waals surface area contributed by atoms with E-state index >= 15 is 0 Å². The molecule has 0 spiro atoms. The molecule has 0 aliphatic carbocycles. The van der Waals surface area contributed by atoms with Crippen LogP contribution in [0.4, 0.5) is 0 Å². The zero-order valence-electron chi connectivity index (χ0n) is 10.8. The maximum absolute atomic E-state index is 11.2. The summed E-state index contributed by atoms with van der Waals surface area (Å²) in [5, 5.41) is 0. The van der Waals surface area contributed by atoms with E-state index in [0.29, 0.717) is 6.04 Å². The van der Waals surface area contributed by atoms with Gasteiger partial charge in [-0.1, -0.05) is 11.3 Å². The Morgan fingerprint density at radius 1 is 1.47 bits per heavy atom. The Labute approximate surface area is 106 Å². The third-order valence-electron chi connectivity index (χ3n) is 3.63. The van der Waals surface area contributed by atoms with Crippen LogP contribution in [0, 0.1) is 6.92 Å². The van der Waals surface area contributed by atoms with E-state index in [0.717, 1.165) is 12.2 Å². The Morgan fingerprint density at radius 3 is 2.65 bits per heavy atom. The van der Waals surface area contributed by atoms with Gasteiger partial charge in [0.15, 0.2) is 0 Å². The van der Waals surface area contributed by atoms with Gasteiger partial charge in [0.25, 0.3) is 0 Å². The number of aromatic amines is 1. The van der Waals surface area contributed by atoms with Gasteiger partial charge in [0.05, 0.1) is 0 Å². The molecule has 1 fully saturated rings. The highest BCUT2D eigenvalue weighted by atomic mass is 32.1. The van der Waals surface area contributed by atoms with Gasteiger partial charge in [-0.2, -0.15) is 0 Å². The molecule has 4 nitrogen and oxygen atoms in total. The van der Waals surface area contributed by atoms with E-state index in [1.165, 1.54) is 42.1 Å².